The molecule has 1 N–H and O–H groups in total. The lowest BCUT2D eigenvalue weighted by Crippen LogP contribution is -2.20. The lowest BCUT2D eigenvalue weighted by molar-refractivity contribution is -0.275. The maximum Gasteiger partial charge on any atom is 0.573 e. The third-order valence-corrected chi connectivity index (χ3v) is 5.37. The van der Waals surface area contributed by atoms with Crippen molar-refractivity contribution in [2.45, 2.75) is 18.2 Å². The van der Waals surface area contributed by atoms with Gasteiger partial charge in [0.1, 0.15) is 10.6 Å². The number of benzene rings is 2. The van der Waals surface area contributed by atoms with Crippen LogP contribution >= 0.6 is 22.6 Å². The summed E-state index contributed by atoms with van der Waals surface area (Å²) >= 11 is 2.03. The van der Waals surface area contributed by atoms with Crippen molar-refractivity contribution in [2.24, 2.45) is 0 Å². The minimum Gasteiger partial charge on any atom is -0.404 e. The van der Waals surface area contributed by atoms with Gasteiger partial charge in [0.15, 0.2) is 0 Å². The maximum atomic E-state index is 12.4. The molecule has 0 atom stereocenters. The molecule has 23 heavy (non-hydrogen) atoms. The Morgan fingerprint density at radius 3 is 2.39 bits per heavy atom. The first-order valence-corrected chi connectivity index (χ1v) is 8.78. The van der Waals surface area contributed by atoms with E-state index in [0.717, 1.165) is 21.3 Å². The molecule has 2 rings (SSSR count). The molecule has 0 saturated heterocycles. The molecule has 2 aromatic rings. The Kier molecular flexibility index (Phi) is 5.09. The Labute approximate surface area is 144 Å². The molecule has 0 saturated carbocycles. The van der Waals surface area contributed by atoms with Gasteiger partial charge in [0, 0.05) is 9.26 Å². The van der Waals surface area contributed by atoms with Gasteiger partial charge in [-0.05, 0) is 59.3 Å². The number of sulfonamides is 1. The number of aryl methyl sites for hydroxylation is 1. The molecule has 9 heteroatoms. The van der Waals surface area contributed by atoms with E-state index in [1.54, 1.807) is 12.1 Å². The van der Waals surface area contributed by atoms with Gasteiger partial charge in [0.2, 0.25) is 0 Å². The fourth-order valence-corrected chi connectivity index (χ4v) is 3.44. The zero-order chi connectivity index (χ0) is 17.3. The van der Waals surface area contributed by atoms with Gasteiger partial charge >= 0.3 is 6.36 Å². The molecule has 0 aliphatic rings. The third kappa shape index (κ3) is 4.74. The van der Waals surface area contributed by atoms with Crippen molar-refractivity contribution in [1.29, 1.82) is 0 Å². The summed E-state index contributed by atoms with van der Waals surface area (Å²) in [6.07, 6.45) is -4.98. The van der Waals surface area contributed by atoms with Crippen LogP contribution in [0.25, 0.3) is 0 Å². The highest BCUT2D eigenvalue weighted by atomic mass is 127. The van der Waals surface area contributed by atoms with Crippen molar-refractivity contribution in [1.82, 2.24) is 0 Å². The van der Waals surface area contributed by atoms with Crippen LogP contribution in [0.2, 0.25) is 0 Å². The van der Waals surface area contributed by atoms with Gasteiger partial charge < -0.3 is 4.74 Å². The van der Waals surface area contributed by atoms with Crippen molar-refractivity contribution in [3.8, 4) is 5.75 Å². The van der Waals surface area contributed by atoms with Crippen LogP contribution in [0.15, 0.2) is 47.4 Å². The molecule has 0 spiro atoms. The van der Waals surface area contributed by atoms with Crippen LogP contribution in [-0.4, -0.2) is 14.8 Å². The van der Waals surface area contributed by atoms with E-state index in [2.05, 4.69) is 9.46 Å². The first kappa shape index (κ1) is 17.9. The fourth-order valence-electron chi connectivity index (χ4n) is 1.75. The lowest BCUT2D eigenvalue weighted by atomic mass is 10.2. The molecule has 0 aliphatic heterocycles. The number of hydrogen-bond donors (Lipinski definition) is 1. The van der Waals surface area contributed by atoms with Gasteiger partial charge in [-0.3, -0.25) is 4.72 Å². The second kappa shape index (κ2) is 6.56. The lowest BCUT2D eigenvalue weighted by Gasteiger charge is -2.14. The molecule has 124 valence electrons. The second-order valence-corrected chi connectivity index (χ2v) is 7.38. The number of hydrogen-bond acceptors (Lipinski definition) is 3. The zero-order valence-corrected chi connectivity index (χ0v) is 14.7. The molecule has 0 amide bonds. The van der Waals surface area contributed by atoms with E-state index < -0.39 is 27.0 Å². The van der Waals surface area contributed by atoms with Gasteiger partial charge in [-0.25, -0.2) is 8.42 Å². The third-order valence-electron chi connectivity index (χ3n) is 2.79. The van der Waals surface area contributed by atoms with Gasteiger partial charge in [-0.15, -0.1) is 13.2 Å². The molecule has 0 heterocycles. The van der Waals surface area contributed by atoms with E-state index in [-0.39, 0.29) is 5.69 Å². The Morgan fingerprint density at radius 2 is 1.78 bits per heavy atom. The number of ether oxygens (including phenoxy) is 1. The minimum absolute atomic E-state index is 0.252. The molecular formula is C14H11F3INO3S. The fraction of sp³-hybridized carbons (Fsp3) is 0.143. The number of para-hydroxylation sites is 1. The summed E-state index contributed by atoms with van der Waals surface area (Å²) in [4.78, 5) is -0.590. The maximum absolute atomic E-state index is 12.4. The number of alkyl halides is 3. The van der Waals surface area contributed by atoms with Crippen LogP contribution in [0.1, 0.15) is 5.56 Å². The molecule has 0 aliphatic carbocycles. The average Bonchev–Trinajstić information content (AvgIpc) is 2.41. The molecule has 0 fully saturated rings. The first-order chi connectivity index (χ1) is 10.6. The van der Waals surface area contributed by atoms with E-state index in [1.807, 2.05) is 29.5 Å². The Balaban J connectivity index is 2.38. The molecule has 0 bridgehead atoms. The van der Waals surface area contributed by atoms with Gasteiger partial charge in [0.25, 0.3) is 10.0 Å². The molecule has 4 nitrogen and oxygen atoms in total. The minimum atomic E-state index is -4.98. The predicted molar refractivity (Wildman–Crippen MR) is 87.8 cm³/mol. The van der Waals surface area contributed by atoms with Gasteiger partial charge in [-0.2, -0.15) is 0 Å². The van der Waals surface area contributed by atoms with Gasteiger partial charge in [0.05, 0.1) is 0 Å². The molecule has 2 aromatic carbocycles. The SMILES string of the molecule is Cc1ccc(NS(=O)(=O)c2ccccc2OC(F)(F)F)cc1I. The Bertz CT molecular complexity index is 822. The zero-order valence-electron chi connectivity index (χ0n) is 11.7. The summed E-state index contributed by atoms with van der Waals surface area (Å²) in [7, 11) is -4.22. The van der Waals surface area contributed by atoms with E-state index in [0.29, 0.717) is 0 Å². The number of halogens is 4. The molecular weight excluding hydrogens is 446 g/mol. The highest BCUT2D eigenvalue weighted by Crippen LogP contribution is 2.30. The van der Waals surface area contributed by atoms with Crippen molar-refractivity contribution in [3.63, 3.8) is 0 Å². The summed E-state index contributed by atoms with van der Waals surface area (Å²) in [5, 5.41) is 0. The monoisotopic (exact) mass is 457 g/mol. The Morgan fingerprint density at radius 1 is 1.13 bits per heavy atom. The first-order valence-electron chi connectivity index (χ1n) is 6.22. The molecule has 0 unspecified atom stereocenters. The van der Waals surface area contributed by atoms with Crippen molar-refractivity contribution in [2.75, 3.05) is 4.72 Å². The average molecular weight is 457 g/mol. The van der Waals surface area contributed by atoms with Crippen LogP contribution < -0.4 is 9.46 Å². The van der Waals surface area contributed by atoms with Crippen LogP contribution in [0.5, 0.6) is 5.75 Å². The van der Waals surface area contributed by atoms with E-state index >= 15 is 0 Å². The van der Waals surface area contributed by atoms with Crippen molar-refractivity contribution < 1.29 is 26.3 Å². The normalized spacial score (nSPS) is 12.0. The van der Waals surface area contributed by atoms with Crippen LogP contribution in [0, 0.1) is 10.5 Å². The van der Waals surface area contributed by atoms with E-state index in [9.17, 15) is 21.6 Å². The van der Waals surface area contributed by atoms with E-state index in [4.69, 9.17) is 0 Å². The second-order valence-electron chi connectivity index (χ2n) is 4.56. The quantitative estimate of drug-likeness (QED) is 0.697. The topological polar surface area (TPSA) is 55.4 Å². The highest BCUT2D eigenvalue weighted by Gasteiger charge is 2.34. The smallest absolute Gasteiger partial charge is 0.404 e. The summed E-state index contributed by atoms with van der Waals surface area (Å²) in [5.74, 6) is -0.783. The Hall–Kier alpha value is -1.49. The highest BCUT2D eigenvalue weighted by molar-refractivity contribution is 14.1. The molecule has 0 radical (unpaired) electrons. The van der Waals surface area contributed by atoms with Crippen molar-refractivity contribution >= 4 is 38.3 Å². The number of nitrogens with one attached hydrogen (secondary N) is 1. The summed E-state index contributed by atoms with van der Waals surface area (Å²) < 4.78 is 68.7. The summed E-state index contributed by atoms with van der Waals surface area (Å²) in [5.41, 5.74) is 1.20. The number of rotatable bonds is 4. The van der Waals surface area contributed by atoms with Crippen LogP contribution in [0.3, 0.4) is 0 Å². The summed E-state index contributed by atoms with van der Waals surface area (Å²) in [6.45, 7) is 1.85. The van der Waals surface area contributed by atoms with E-state index in [1.165, 1.54) is 18.2 Å². The van der Waals surface area contributed by atoms with Crippen LogP contribution in [0.4, 0.5) is 18.9 Å². The number of anilines is 1. The largest absolute Gasteiger partial charge is 0.573 e. The van der Waals surface area contributed by atoms with Gasteiger partial charge in [-0.1, -0.05) is 18.2 Å². The standard InChI is InChI=1S/C14H11F3INO3S/c1-9-6-7-10(8-11(9)18)19-23(20,21)13-5-3-2-4-12(13)22-14(15,16)17/h2-8,19H,1H3. The predicted octanol–water partition coefficient (Wildman–Crippen LogP) is 4.30. The van der Waals surface area contributed by atoms with Crippen molar-refractivity contribution in [3.05, 3.63) is 51.6 Å². The molecule has 0 aromatic heterocycles. The summed E-state index contributed by atoms with van der Waals surface area (Å²) in [6, 6.07) is 9.38. The van der Waals surface area contributed by atoms with Crippen LogP contribution in [-0.2, 0) is 10.0 Å².